The quantitative estimate of drug-likeness (QED) is 0.900. The summed E-state index contributed by atoms with van der Waals surface area (Å²) in [5.41, 5.74) is 0.209. The Balaban J connectivity index is 1.99. The highest BCUT2D eigenvalue weighted by Crippen LogP contribution is 2.21. The summed E-state index contributed by atoms with van der Waals surface area (Å²) in [6, 6.07) is 3.06. The van der Waals surface area contributed by atoms with Crippen LogP contribution in [-0.4, -0.2) is 47.4 Å². The van der Waals surface area contributed by atoms with Gasteiger partial charge < -0.3 is 14.8 Å². The van der Waals surface area contributed by atoms with Crippen molar-refractivity contribution >= 4 is 11.6 Å². The average Bonchev–Trinajstić information content (AvgIpc) is 2.96. The summed E-state index contributed by atoms with van der Waals surface area (Å²) in [4.78, 5) is 18.6. The molecule has 1 heterocycles. The van der Waals surface area contributed by atoms with Crippen LogP contribution in [0.3, 0.4) is 0 Å². The van der Waals surface area contributed by atoms with Crippen LogP contribution in [-0.2, 0) is 9.63 Å². The van der Waals surface area contributed by atoms with E-state index in [1.54, 1.807) is 14.0 Å². The van der Waals surface area contributed by atoms with Gasteiger partial charge in [0.2, 0.25) is 6.10 Å². The molecule has 1 aromatic rings. The number of halogens is 2. The van der Waals surface area contributed by atoms with Gasteiger partial charge >= 0.3 is 0 Å². The zero-order valence-corrected chi connectivity index (χ0v) is 12.4. The van der Waals surface area contributed by atoms with Crippen molar-refractivity contribution in [2.75, 3.05) is 13.6 Å². The first-order valence-corrected chi connectivity index (χ1v) is 6.99. The van der Waals surface area contributed by atoms with Crippen molar-refractivity contribution in [3.63, 3.8) is 0 Å². The predicted molar refractivity (Wildman–Crippen MR) is 76.3 cm³/mol. The van der Waals surface area contributed by atoms with Gasteiger partial charge in [0, 0.05) is 25.6 Å². The molecule has 0 aromatic heterocycles. The highest BCUT2D eigenvalue weighted by Gasteiger charge is 2.32. The lowest BCUT2D eigenvalue weighted by Gasteiger charge is -2.20. The number of aliphatic hydroxyl groups is 1. The van der Waals surface area contributed by atoms with E-state index in [1.165, 1.54) is 4.90 Å². The molecule has 1 aliphatic rings. The minimum absolute atomic E-state index is 0.00179. The van der Waals surface area contributed by atoms with Crippen molar-refractivity contribution in [1.29, 1.82) is 0 Å². The molecule has 22 heavy (non-hydrogen) atoms. The van der Waals surface area contributed by atoms with Crippen molar-refractivity contribution in [3.8, 4) is 0 Å². The molecule has 2 atom stereocenters. The third kappa shape index (κ3) is 3.79. The molecule has 0 saturated heterocycles. The monoisotopic (exact) mass is 312 g/mol. The van der Waals surface area contributed by atoms with E-state index in [9.17, 15) is 18.7 Å². The summed E-state index contributed by atoms with van der Waals surface area (Å²) in [5.74, 6) is -1.50. The summed E-state index contributed by atoms with van der Waals surface area (Å²) >= 11 is 0. The molecule has 5 nitrogen and oxygen atoms in total. The van der Waals surface area contributed by atoms with Gasteiger partial charge in [-0.15, -0.1) is 0 Å². The Kier molecular flexibility index (Phi) is 5.07. The Morgan fingerprint density at radius 2 is 2.27 bits per heavy atom. The lowest BCUT2D eigenvalue weighted by atomic mass is 10.0. The number of hydrogen-bond donors (Lipinski definition) is 1. The highest BCUT2D eigenvalue weighted by molar-refractivity contribution is 6.04. The number of hydrogen-bond acceptors (Lipinski definition) is 4. The molecule has 0 bridgehead atoms. The van der Waals surface area contributed by atoms with Crippen LogP contribution in [0.1, 0.15) is 25.3 Å². The number of aliphatic hydroxyl groups excluding tert-OH is 1. The van der Waals surface area contributed by atoms with Crippen LogP contribution in [0.25, 0.3) is 0 Å². The lowest BCUT2D eigenvalue weighted by molar-refractivity contribution is -0.140. The van der Waals surface area contributed by atoms with Gasteiger partial charge in [-0.3, -0.25) is 4.79 Å². The van der Waals surface area contributed by atoms with Gasteiger partial charge in [0.15, 0.2) is 0 Å². The van der Waals surface area contributed by atoms with Gasteiger partial charge in [0.05, 0.1) is 11.8 Å². The van der Waals surface area contributed by atoms with Gasteiger partial charge in [-0.05, 0) is 31.5 Å². The molecule has 0 spiro atoms. The number of amides is 1. The lowest BCUT2D eigenvalue weighted by Crippen LogP contribution is -2.38. The highest BCUT2D eigenvalue weighted by atomic mass is 19.1. The van der Waals surface area contributed by atoms with Gasteiger partial charge in [0.25, 0.3) is 5.91 Å². The summed E-state index contributed by atoms with van der Waals surface area (Å²) in [6.07, 6.45) is -0.830. The molecule has 120 valence electrons. The molecule has 1 N–H and O–H groups in total. The Bertz CT molecular complexity index is 590. The third-order valence-electron chi connectivity index (χ3n) is 3.44. The molecule has 0 fully saturated rings. The number of benzene rings is 1. The Hall–Kier alpha value is -2.02. The van der Waals surface area contributed by atoms with E-state index in [-0.39, 0.29) is 23.6 Å². The summed E-state index contributed by atoms with van der Waals surface area (Å²) in [5, 5.41) is 12.9. The molecular weight excluding hydrogens is 294 g/mol. The van der Waals surface area contributed by atoms with Crippen molar-refractivity contribution in [1.82, 2.24) is 4.90 Å². The number of carbonyl (C=O) groups is 1. The van der Waals surface area contributed by atoms with Gasteiger partial charge in [-0.1, -0.05) is 5.16 Å². The fraction of sp³-hybridized carbons (Fsp3) is 0.467. The summed E-state index contributed by atoms with van der Waals surface area (Å²) in [6.45, 7) is 2.01. The van der Waals surface area contributed by atoms with Crippen molar-refractivity contribution < 1.29 is 23.5 Å². The second-order valence-corrected chi connectivity index (χ2v) is 5.36. The van der Waals surface area contributed by atoms with Crippen molar-refractivity contribution in [2.45, 2.75) is 32.0 Å². The predicted octanol–water partition coefficient (Wildman–Crippen LogP) is 1.69. The standard InChI is InChI=1S/C15H18F2N2O3/c1-9(20)5-6-19(2)15(21)14-8-13(18-22-14)11-7-10(16)3-4-12(11)17/h3-4,7,9,14,20H,5-6,8H2,1-2H3. The largest absolute Gasteiger partial charge is 0.393 e. The number of oxime groups is 1. The second-order valence-electron chi connectivity index (χ2n) is 5.36. The van der Waals surface area contributed by atoms with E-state index < -0.39 is 23.8 Å². The summed E-state index contributed by atoms with van der Waals surface area (Å²) in [7, 11) is 1.59. The van der Waals surface area contributed by atoms with E-state index in [1.807, 2.05) is 0 Å². The van der Waals surface area contributed by atoms with E-state index in [2.05, 4.69) is 5.16 Å². The van der Waals surface area contributed by atoms with Crippen LogP contribution in [0.4, 0.5) is 8.78 Å². The Labute approximate surface area is 127 Å². The van der Waals surface area contributed by atoms with Crippen LogP contribution in [0.5, 0.6) is 0 Å². The maximum atomic E-state index is 13.7. The number of likely N-dealkylation sites (N-methyl/N-ethyl adjacent to an activating group) is 1. The number of nitrogens with zero attached hydrogens (tertiary/aromatic N) is 2. The molecule has 1 aliphatic heterocycles. The van der Waals surface area contributed by atoms with Crippen molar-refractivity contribution in [3.05, 3.63) is 35.4 Å². The first-order chi connectivity index (χ1) is 10.4. The molecule has 1 amide bonds. The van der Waals surface area contributed by atoms with Gasteiger partial charge in [0.1, 0.15) is 11.6 Å². The first kappa shape index (κ1) is 16.4. The smallest absolute Gasteiger partial charge is 0.266 e. The fourth-order valence-corrected chi connectivity index (χ4v) is 2.12. The minimum Gasteiger partial charge on any atom is -0.393 e. The Morgan fingerprint density at radius 3 is 2.95 bits per heavy atom. The van der Waals surface area contributed by atoms with Gasteiger partial charge in [-0.25, -0.2) is 8.78 Å². The molecule has 2 rings (SSSR count). The molecule has 0 saturated carbocycles. The van der Waals surface area contributed by atoms with Crippen molar-refractivity contribution in [2.24, 2.45) is 5.16 Å². The minimum atomic E-state index is -0.850. The van der Waals surface area contributed by atoms with E-state index in [0.717, 1.165) is 18.2 Å². The maximum absolute atomic E-state index is 13.7. The zero-order valence-electron chi connectivity index (χ0n) is 12.4. The molecule has 0 radical (unpaired) electrons. The van der Waals surface area contributed by atoms with E-state index >= 15 is 0 Å². The number of rotatable bonds is 5. The van der Waals surface area contributed by atoms with E-state index in [4.69, 9.17) is 4.84 Å². The molecule has 1 aromatic carbocycles. The molecule has 0 aliphatic carbocycles. The first-order valence-electron chi connectivity index (χ1n) is 6.99. The van der Waals surface area contributed by atoms with E-state index in [0.29, 0.717) is 13.0 Å². The third-order valence-corrected chi connectivity index (χ3v) is 3.44. The van der Waals surface area contributed by atoms with Crippen LogP contribution in [0, 0.1) is 11.6 Å². The topological polar surface area (TPSA) is 62.1 Å². The summed E-state index contributed by atoms with van der Waals surface area (Å²) < 4.78 is 26.9. The molecular formula is C15H18F2N2O3. The maximum Gasteiger partial charge on any atom is 0.266 e. The number of carbonyl (C=O) groups excluding carboxylic acids is 1. The van der Waals surface area contributed by atoms with Crippen LogP contribution < -0.4 is 0 Å². The van der Waals surface area contributed by atoms with Crippen LogP contribution >= 0.6 is 0 Å². The zero-order chi connectivity index (χ0) is 16.3. The SMILES string of the molecule is CC(O)CCN(C)C(=O)C1CC(c2cc(F)ccc2F)=NO1. The van der Waals surface area contributed by atoms with Crippen LogP contribution in [0.2, 0.25) is 0 Å². The Morgan fingerprint density at radius 1 is 1.55 bits per heavy atom. The average molecular weight is 312 g/mol. The molecule has 7 heteroatoms. The van der Waals surface area contributed by atoms with Crippen LogP contribution in [0.15, 0.2) is 23.4 Å². The fourth-order valence-electron chi connectivity index (χ4n) is 2.12. The molecule has 2 unspecified atom stereocenters. The second kappa shape index (κ2) is 6.83. The van der Waals surface area contributed by atoms with Gasteiger partial charge in [-0.2, -0.15) is 0 Å². The normalized spacial score (nSPS) is 18.6.